The maximum Gasteiger partial charge on any atom is 0.337 e. The van der Waals surface area contributed by atoms with E-state index in [4.69, 9.17) is 4.74 Å². The van der Waals surface area contributed by atoms with Gasteiger partial charge in [-0.3, -0.25) is 4.79 Å². The topological polar surface area (TPSA) is 59.2 Å². The third kappa shape index (κ3) is 2.66. The highest BCUT2D eigenvalue weighted by Crippen LogP contribution is 2.57. The first-order valence-electron chi connectivity index (χ1n) is 8.81. The van der Waals surface area contributed by atoms with Crippen LogP contribution in [0.2, 0.25) is 0 Å². The standard InChI is InChI=1S/C21H17NO3S2/c1-25-20(23)12-8-6-11(7-9-12)16-17-14-5-3-2-4-13(14)10-15(17)26-19-18(16)27-21(24)22-19/h2-9,15-17H,10H2,1H3,(H,22,24)/t15-,16+,17-/m1/s1. The second kappa shape index (κ2) is 6.39. The van der Waals surface area contributed by atoms with Gasteiger partial charge >= 0.3 is 10.8 Å². The van der Waals surface area contributed by atoms with E-state index in [-0.39, 0.29) is 16.8 Å². The van der Waals surface area contributed by atoms with Gasteiger partial charge in [0.2, 0.25) is 0 Å². The van der Waals surface area contributed by atoms with Crippen LogP contribution >= 0.6 is 23.1 Å². The SMILES string of the molecule is COC(=O)c1ccc([C@@H]2c3sc(=O)[nH]c3S[C@@H]3Cc4ccccc4[C@@H]23)cc1. The summed E-state index contributed by atoms with van der Waals surface area (Å²) in [5, 5.41) is 1.41. The number of thioether (sulfide) groups is 1. The van der Waals surface area contributed by atoms with Gasteiger partial charge in [-0.2, -0.15) is 0 Å². The van der Waals surface area contributed by atoms with Crippen molar-refractivity contribution in [3.8, 4) is 0 Å². The first-order chi connectivity index (χ1) is 13.2. The Balaban J connectivity index is 1.65. The number of esters is 1. The molecule has 27 heavy (non-hydrogen) atoms. The van der Waals surface area contributed by atoms with E-state index in [2.05, 4.69) is 29.2 Å². The number of ether oxygens (including phenoxy) is 1. The van der Waals surface area contributed by atoms with Gasteiger partial charge in [0.05, 0.1) is 17.7 Å². The monoisotopic (exact) mass is 395 g/mol. The molecule has 2 aromatic carbocycles. The molecular formula is C21H17NO3S2. The summed E-state index contributed by atoms with van der Waals surface area (Å²) in [7, 11) is 1.39. The van der Waals surface area contributed by atoms with Crippen LogP contribution in [0.5, 0.6) is 0 Å². The summed E-state index contributed by atoms with van der Waals surface area (Å²) in [6.45, 7) is 0. The van der Waals surface area contributed by atoms with Gasteiger partial charge in [0.15, 0.2) is 0 Å². The van der Waals surface area contributed by atoms with Crippen molar-refractivity contribution in [1.29, 1.82) is 0 Å². The average molecular weight is 396 g/mol. The van der Waals surface area contributed by atoms with Crippen molar-refractivity contribution in [2.75, 3.05) is 7.11 Å². The highest BCUT2D eigenvalue weighted by Gasteiger charge is 2.45. The molecule has 0 unspecified atom stereocenters. The largest absolute Gasteiger partial charge is 0.465 e. The molecule has 3 aromatic rings. The number of H-pyrrole nitrogens is 1. The van der Waals surface area contributed by atoms with Crippen molar-refractivity contribution in [2.24, 2.45) is 0 Å². The lowest BCUT2D eigenvalue weighted by Gasteiger charge is -2.33. The van der Waals surface area contributed by atoms with Crippen LogP contribution in [-0.2, 0) is 11.2 Å². The molecule has 4 nitrogen and oxygen atoms in total. The van der Waals surface area contributed by atoms with Crippen molar-refractivity contribution in [1.82, 2.24) is 4.98 Å². The maximum atomic E-state index is 12.1. The van der Waals surface area contributed by atoms with E-state index in [9.17, 15) is 9.59 Å². The van der Waals surface area contributed by atoms with E-state index in [1.807, 2.05) is 24.3 Å². The summed E-state index contributed by atoms with van der Waals surface area (Å²) >= 11 is 3.10. The number of carbonyl (C=O) groups is 1. The Morgan fingerprint density at radius 2 is 1.93 bits per heavy atom. The summed E-state index contributed by atoms with van der Waals surface area (Å²) < 4.78 is 4.81. The Morgan fingerprint density at radius 1 is 1.15 bits per heavy atom. The first kappa shape index (κ1) is 16.8. The Kier molecular flexibility index (Phi) is 3.98. The summed E-state index contributed by atoms with van der Waals surface area (Å²) in [6, 6.07) is 16.2. The van der Waals surface area contributed by atoms with Gasteiger partial charge in [-0.1, -0.05) is 47.7 Å². The van der Waals surface area contributed by atoms with Crippen molar-refractivity contribution in [2.45, 2.75) is 28.5 Å². The predicted molar refractivity (Wildman–Crippen MR) is 107 cm³/mol. The minimum Gasteiger partial charge on any atom is -0.465 e. The van der Waals surface area contributed by atoms with Crippen molar-refractivity contribution in [3.05, 3.63) is 85.3 Å². The fourth-order valence-electron chi connectivity index (χ4n) is 4.33. The molecule has 6 heteroatoms. The number of fused-ring (bicyclic) bond motifs is 4. The number of aromatic nitrogens is 1. The number of methoxy groups -OCH3 is 1. The quantitative estimate of drug-likeness (QED) is 0.662. The molecule has 0 fully saturated rings. The summed E-state index contributed by atoms with van der Waals surface area (Å²) in [5.41, 5.74) is 4.45. The highest BCUT2D eigenvalue weighted by atomic mass is 32.2. The van der Waals surface area contributed by atoms with Crippen LogP contribution in [-0.4, -0.2) is 23.3 Å². The van der Waals surface area contributed by atoms with Crippen LogP contribution < -0.4 is 4.87 Å². The van der Waals surface area contributed by atoms with Crippen molar-refractivity contribution >= 4 is 29.1 Å². The van der Waals surface area contributed by atoms with E-state index in [1.165, 1.54) is 29.6 Å². The van der Waals surface area contributed by atoms with Crippen LogP contribution in [0.3, 0.4) is 0 Å². The molecule has 3 atom stereocenters. The molecule has 0 spiro atoms. The molecule has 0 saturated heterocycles. The molecule has 0 amide bonds. The molecule has 2 heterocycles. The van der Waals surface area contributed by atoms with E-state index in [0.717, 1.165) is 21.9 Å². The zero-order valence-corrected chi connectivity index (χ0v) is 16.2. The molecule has 0 saturated carbocycles. The molecule has 1 aliphatic heterocycles. The smallest absolute Gasteiger partial charge is 0.337 e. The van der Waals surface area contributed by atoms with Crippen LogP contribution in [0.1, 0.15) is 43.8 Å². The van der Waals surface area contributed by atoms with Crippen LogP contribution in [0.25, 0.3) is 0 Å². The van der Waals surface area contributed by atoms with Crippen LogP contribution in [0.15, 0.2) is 58.4 Å². The molecule has 0 radical (unpaired) electrons. The Morgan fingerprint density at radius 3 is 2.70 bits per heavy atom. The average Bonchev–Trinajstić information content (AvgIpc) is 3.24. The number of benzene rings is 2. The molecule has 1 aromatic heterocycles. The molecular weight excluding hydrogens is 378 g/mol. The van der Waals surface area contributed by atoms with Crippen molar-refractivity contribution in [3.63, 3.8) is 0 Å². The second-order valence-electron chi connectivity index (χ2n) is 6.88. The van der Waals surface area contributed by atoms with Crippen molar-refractivity contribution < 1.29 is 9.53 Å². The number of thiazole rings is 1. The lowest BCUT2D eigenvalue weighted by atomic mass is 9.80. The molecule has 0 bridgehead atoms. The van der Waals surface area contributed by atoms with Gasteiger partial charge in [-0.15, -0.1) is 11.8 Å². The Hall–Kier alpha value is -2.31. The zero-order chi connectivity index (χ0) is 18.5. The lowest BCUT2D eigenvalue weighted by Crippen LogP contribution is -2.23. The molecule has 1 N–H and O–H groups in total. The Labute approximate surface area is 164 Å². The maximum absolute atomic E-state index is 12.1. The number of rotatable bonds is 2. The first-order valence-corrected chi connectivity index (χ1v) is 10.5. The fraction of sp³-hybridized carbons (Fsp3) is 0.238. The number of hydrogen-bond acceptors (Lipinski definition) is 5. The minimum absolute atomic E-state index is 0.00283. The molecule has 136 valence electrons. The number of carbonyl (C=O) groups excluding carboxylic acids is 1. The normalized spacial score (nSPS) is 22.6. The highest BCUT2D eigenvalue weighted by molar-refractivity contribution is 8.00. The summed E-state index contributed by atoms with van der Waals surface area (Å²) in [5.74, 6) is 0.108. The van der Waals surface area contributed by atoms with Gasteiger partial charge in [0, 0.05) is 22.0 Å². The van der Waals surface area contributed by atoms with Gasteiger partial charge in [0.25, 0.3) is 0 Å². The van der Waals surface area contributed by atoms with Gasteiger partial charge in [-0.05, 0) is 35.2 Å². The lowest BCUT2D eigenvalue weighted by molar-refractivity contribution is 0.0600. The molecule has 2 aliphatic rings. The fourth-order valence-corrected chi connectivity index (χ4v) is 6.99. The summed E-state index contributed by atoms with van der Waals surface area (Å²) in [6.07, 6.45) is 1.01. The van der Waals surface area contributed by atoms with E-state index < -0.39 is 0 Å². The third-order valence-electron chi connectivity index (χ3n) is 5.48. The number of nitrogens with one attached hydrogen (secondary N) is 1. The minimum atomic E-state index is -0.336. The molecule has 1 aliphatic carbocycles. The number of hydrogen-bond donors (Lipinski definition) is 1. The van der Waals surface area contributed by atoms with Crippen LogP contribution in [0, 0.1) is 0 Å². The van der Waals surface area contributed by atoms with E-state index >= 15 is 0 Å². The Bertz CT molecular complexity index is 1080. The third-order valence-corrected chi connectivity index (χ3v) is 7.89. The van der Waals surface area contributed by atoms with E-state index in [1.54, 1.807) is 11.8 Å². The summed E-state index contributed by atoms with van der Waals surface area (Å²) in [4.78, 5) is 28.0. The van der Waals surface area contributed by atoms with Crippen LogP contribution in [0.4, 0.5) is 0 Å². The molecule has 5 rings (SSSR count). The second-order valence-corrected chi connectivity index (χ2v) is 9.15. The van der Waals surface area contributed by atoms with Gasteiger partial charge in [-0.25, -0.2) is 4.79 Å². The van der Waals surface area contributed by atoms with Gasteiger partial charge < -0.3 is 9.72 Å². The number of aromatic amines is 1. The predicted octanol–water partition coefficient (Wildman–Crippen LogP) is 4.17. The zero-order valence-electron chi connectivity index (χ0n) is 14.6. The van der Waals surface area contributed by atoms with E-state index in [0.29, 0.717) is 16.7 Å². The van der Waals surface area contributed by atoms with Gasteiger partial charge in [0.1, 0.15) is 0 Å².